The summed E-state index contributed by atoms with van der Waals surface area (Å²) in [6.45, 7) is 1.91. The summed E-state index contributed by atoms with van der Waals surface area (Å²) >= 11 is 7.33. The molecular formula is C19H14ClN3O2S. The van der Waals surface area contributed by atoms with E-state index in [9.17, 15) is 4.79 Å². The van der Waals surface area contributed by atoms with Crippen molar-refractivity contribution in [3.8, 4) is 10.6 Å². The Bertz CT molecular complexity index is 1070. The second-order valence-corrected chi connectivity index (χ2v) is 7.15. The van der Waals surface area contributed by atoms with Crippen molar-refractivity contribution in [2.24, 2.45) is 0 Å². The number of aryl methyl sites for hydroxylation is 1. The van der Waals surface area contributed by atoms with Gasteiger partial charge in [-0.15, -0.1) is 11.3 Å². The highest BCUT2D eigenvalue weighted by Gasteiger charge is 2.18. The topological polar surface area (TPSA) is 56.5 Å². The van der Waals surface area contributed by atoms with E-state index >= 15 is 0 Å². The van der Waals surface area contributed by atoms with Gasteiger partial charge in [-0.2, -0.15) is 0 Å². The first-order chi connectivity index (χ1) is 12.6. The summed E-state index contributed by atoms with van der Waals surface area (Å²) in [5.74, 6) is -0.398. The van der Waals surface area contributed by atoms with Crippen LogP contribution in [0.25, 0.3) is 16.2 Å². The number of nitrogens with zero attached hydrogens (tertiary/aromatic N) is 3. The van der Waals surface area contributed by atoms with E-state index in [1.54, 1.807) is 13.0 Å². The lowest BCUT2D eigenvalue weighted by Crippen LogP contribution is -2.05. The van der Waals surface area contributed by atoms with Crippen molar-refractivity contribution in [1.82, 2.24) is 14.4 Å². The molecule has 0 saturated carbocycles. The molecule has 0 aliphatic rings. The van der Waals surface area contributed by atoms with Gasteiger partial charge in [-0.05, 0) is 31.2 Å². The van der Waals surface area contributed by atoms with Gasteiger partial charge in [0.05, 0.1) is 11.4 Å². The number of thiazole rings is 1. The van der Waals surface area contributed by atoms with Gasteiger partial charge in [0.1, 0.15) is 22.1 Å². The summed E-state index contributed by atoms with van der Waals surface area (Å²) in [6.07, 6.45) is 3.75. The first-order valence-corrected chi connectivity index (χ1v) is 9.13. The second kappa shape index (κ2) is 6.90. The maximum absolute atomic E-state index is 12.5. The fourth-order valence-electron chi connectivity index (χ4n) is 2.59. The van der Waals surface area contributed by atoms with Crippen molar-refractivity contribution in [2.75, 3.05) is 0 Å². The molecule has 5 nitrogen and oxygen atoms in total. The first-order valence-electron chi connectivity index (χ1n) is 7.93. The molecule has 0 spiro atoms. The van der Waals surface area contributed by atoms with Crippen LogP contribution in [-0.4, -0.2) is 20.3 Å². The van der Waals surface area contributed by atoms with Gasteiger partial charge < -0.3 is 9.14 Å². The predicted octanol–water partition coefficient (Wildman–Crippen LogP) is 4.78. The molecule has 0 N–H and O–H groups in total. The van der Waals surface area contributed by atoms with E-state index in [0.29, 0.717) is 21.3 Å². The van der Waals surface area contributed by atoms with Crippen LogP contribution in [0.5, 0.6) is 0 Å². The lowest BCUT2D eigenvalue weighted by atomic mass is 10.2. The SMILES string of the molecule is Cc1nc(-c2cccc(Cl)c2)sc1C(=O)OCc1cn2ccccc2n1. The number of pyridine rings is 1. The highest BCUT2D eigenvalue weighted by Crippen LogP contribution is 2.30. The molecule has 26 heavy (non-hydrogen) atoms. The monoisotopic (exact) mass is 383 g/mol. The van der Waals surface area contributed by atoms with E-state index in [2.05, 4.69) is 9.97 Å². The number of carbonyl (C=O) groups excluding carboxylic acids is 1. The molecule has 0 saturated heterocycles. The Labute approximate surface area is 158 Å². The minimum atomic E-state index is -0.398. The van der Waals surface area contributed by atoms with Crippen molar-refractivity contribution in [3.05, 3.63) is 76.1 Å². The zero-order valence-corrected chi connectivity index (χ0v) is 15.4. The van der Waals surface area contributed by atoms with Gasteiger partial charge in [-0.3, -0.25) is 0 Å². The number of hydrogen-bond donors (Lipinski definition) is 0. The van der Waals surface area contributed by atoms with Crippen LogP contribution in [0.2, 0.25) is 5.02 Å². The molecule has 7 heteroatoms. The van der Waals surface area contributed by atoms with Crippen molar-refractivity contribution in [3.63, 3.8) is 0 Å². The Morgan fingerprint density at radius 1 is 1.23 bits per heavy atom. The van der Waals surface area contributed by atoms with E-state index in [1.807, 2.05) is 53.2 Å². The summed E-state index contributed by atoms with van der Waals surface area (Å²) in [5.41, 5.74) is 3.03. The number of aromatic nitrogens is 3. The van der Waals surface area contributed by atoms with Crippen LogP contribution < -0.4 is 0 Å². The van der Waals surface area contributed by atoms with Crippen LogP contribution in [0, 0.1) is 6.92 Å². The maximum atomic E-state index is 12.5. The minimum absolute atomic E-state index is 0.115. The van der Waals surface area contributed by atoms with Crippen LogP contribution in [0.3, 0.4) is 0 Å². The lowest BCUT2D eigenvalue weighted by molar-refractivity contribution is 0.0473. The number of hydrogen-bond acceptors (Lipinski definition) is 5. The number of imidazole rings is 1. The number of carbonyl (C=O) groups is 1. The molecule has 1 aromatic carbocycles. The molecule has 4 rings (SSSR count). The molecule has 3 heterocycles. The molecule has 0 atom stereocenters. The van der Waals surface area contributed by atoms with Crippen LogP contribution in [-0.2, 0) is 11.3 Å². The zero-order chi connectivity index (χ0) is 18.1. The molecule has 0 fully saturated rings. The third-order valence-electron chi connectivity index (χ3n) is 3.82. The number of halogens is 1. The van der Waals surface area contributed by atoms with Crippen LogP contribution in [0.4, 0.5) is 0 Å². The van der Waals surface area contributed by atoms with E-state index in [0.717, 1.165) is 16.2 Å². The normalized spacial score (nSPS) is 11.0. The number of fused-ring (bicyclic) bond motifs is 1. The molecular weight excluding hydrogens is 370 g/mol. The van der Waals surface area contributed by atoms with Gasteiger partial charge in [-0.25, -0.2) is 14.8 Å². The van der Waals surface area contributed by atoms with Crippen LogP contribution >= 0.6 is 22.9 Å². The summed E-state index contributed by atoms with van der Waals surface area (Å²) in [6, 6.07) is 13.1. The fraction of sp³-hybridized carbons (Fsp3) is 0.105. The Kier molecular flexibility index (Phi) is 4.44. The molecule has 0 radical (unpaired) electrons. The highest BCUT2D eigenvalue weighted by atomic mass is 35.5. The Morgan fingerprint density at radius 2 is 2.12 bits per heavy atom. The van der Waals surface area contributed by atoms with Crippen molar-refractivity contribution in [1.29, 1.82) is 0 Å². The number of ether oxygens (including phenoxy) is 1. The molecule has 0 amide bonds. The van der Waals surface area contributed by atoms with Gasteiger partial charge >= 0.3 is 5.97 Å². The molecule has 3 aromatic heterocycles. The highest BCUT2D eigenvalue weighted by molar-refractivity contribution is 7.17. The molecule has 0 unspecified atom stereocenters. The Morgan fingerprint density at radius 3 is 2.92 bits per heavy atom. The molecule has 130 valence electrons. The van der Waals surface area contributed by atoms with Crippen molar-refractivity contribution in [2.45, 2.75) is 13.5 Å². The molecule has 0 aliphatic carbocycles. The van der Waals surface area contributed by atoms with Gasteiger partial charge in [0.2, 0.25) is 0 Å². The zero-order valence-electron chi connectivity index (χ0n) is 13.8. The van der Waals surface area contributed by atoms with Crippen molar-refractivity contribution < 1.29 is 9.53 Å². The fourth-order valence-corrected chi connectivity index (χ4v) is 3.74. The number of esters is 1. The minimum Gasteiger partial charge on any atom is -0.455 e. The molecule has 0 bridgehead atoms. The van der Waals surface area contributed by atoms with Gasteiger partial charge in [0.15, 0.2) is 0 Å². The van der Waals surface area contributed by atoms with E-state index in [1.165, 1.54) is 11.3 Å². The van der Waals surface area contributed by atoms with E-state index in [-0.39, 0.29) is 6.61 Å². The maximum Gasteiger partial charge on any atom is 0.350 e. The van der Waals surface area contributed by atoms with Gasteiger partial charge in [0, 0.05) is 23.0 Å². The number of benzene rings is 1. The molecule has 0 aliphatic heterocycles. The third kappa shape index (κ3) is 3.34. The van der Waals surface area contributed by atoms with Crippen molar-refractivity contribution >= 4 is 34.6 Å². The largest absolute Gasteiger partial charge is 0.455 e. The Balaban J connectivity index is 1.51. The van der Waals surface area contributed by atoms with Crippen LogP contribution in [0.15, 0.2) is 54.9 Å². The van der Waals surface area contributed by atoms with Gasteiger partial charge in [0.25, 0.3) is 0 Å². The smallest absolute Gasteiger partial charge is 0.350 e. The average molecular weight is 384 g/mol. The number of rotatable bonds is 4. The predicted molar refractivity (Wildman–Crippen MR) is 102 cm³/mol. The Hall–Kier alpha value is -2.70. The quantitative estimate of drug-likeness (QED) is 0.476. The summed E-state index contributed by atoms with van der Waals surface area (Å²) < 4.78 is 7.31. The van der Waals surface area contributed by atoms with Gasteiger partial charge in [-0.1, -0.05) is 29.8 Å². The summed E-state index contributed by atoms with van der Waals surface area (Å²) in [5, 5.41) is 1.37. The first kappa shape index (κ1) is 16.8. The van der Waals surface area contributed by atoms with E-state index in [4.69, 9.17) is 16.3 Å². The third-order valence-corrected chi connectivity index (χ3v) is 5.24. The molecule has 4 aromatic rings. The van der Waals surface area contributed by atoms with E-state index < -0.39 is 5.97 Å². The lowest BCUT2D eigenvalue weighted by Gasteiger charge is -2.00. The summed E-state index contributed by atoms with van der Waals surface area (Å²) in [4.78, 5) is 21.8. The summed E-state index contributed by atoms with van der Waals surface area (Å²) in [7, 11) is 0. The second-order valence-electron chi connectivity index (χ2n) is 5.72. The standard InChI is InChI=1S/C19H14ClN3O2S/c1-12-17(26-18(21-12)13-5-4-6-14(20)9-13)19(24)25-11-15-10-23-8-3-2-7-16(23)22-15/h2-10H,11H2,1H3. The van der Waals surface area contributed by atoms with Crippen LogP contribution in [0.1, 0.15) is 21.1 Å². The average Bonchev–Trinajstić information content (AvgIpc) is 3.23.